The van der Waals surface area contributed by atoms with Gasteiger partial charge < -0.3 is 10.6 Å². The van der Waals surface area contributed by atoms with Crippen molar-refractivity contribution in [2.45, 2.75) is 6.92 Å². The first-order chi connectivity index (χ1) is 9.08. The molecule has 19 heavy (non-hydrogen) atoms. The number of aryl methyl sites for hydroxylation is 1. The number of hydrogen-bond donors (Lipinski definition) is 1. The fourth-order valence-electron chi connectivity index (χ4n) is 1.87. The first kappa shape index (κ1) is 13.1. The molecule has 0 saturated carbocycles. The molecule has 0 saturated heterocycles. The zero-order valence-corrected chi connectivity index (χ0v) is 11.5. The van der Waals surface area contributed by atoms with Gasteiger partial charge in [-0.2, -0.15) is 5.11 Å². The lowest BCUT2D eigenvalue weighted by atomic mass is 10.1. The molecule has 0 heterocycles. The highest BCUT2D eigenvalue weighted by Gasteiger charge is 2.06. The van der Waals surface area contributed by atoms with Crippen molar-refractivity contribution in [3.8, 4) is 0 Å². The quantitative estimate of drug-likeness (QED) is 0.663. The van der Waals surface area contributed by atoms with Crippen LogP contribution in [0.1, 0.15) is 5.56 Å². The molecule has 2 N–H and O–H groups in total. The zero-order valence-electron chi connectivity index (χ0n) is 11.5. The van der Waals surface area contributed by atoms with Gasteiger partial charge in [0, 0.05) is 19.8 Å². The second-order valence-electron chi connectivity index (χ2n) is 4.63. The van der Waals surface area contributed by atoms with E-state index in [1.54, 1.807) is 0 Å². The third kappa shape index (κ3) is 3.10. The van der Waals surface area contributed by atoms with Gasteiger partial charge in [-0.15, -0.1) is 5.11 Å². The Morgan fingerprint density at radius 3 is 2.32 bits per heavy atom. The number of benzene rings is 2. The van der Waals surface area contributed by atoms with Gasteiger partial charge in [-0.05, 0) is 36.8 Å². The van der Waals surface area contributed by atoms with E-state index in [9.17, 15) is 0 Å². The monoisotopic (exact) mass is 254 g/mol. The van der Waals surface area contributed by atoms with Crippen LogP contribution in [0, 0.1) is 6.92 Å². The summed E-state index contributed by atoms with van der Waals surface area (Å²) in [6.07, 6.45) is 0. The summed E-state index contributed by atoms with van der Waals surface area (Å²) in [7, 11) is 3.99. The second-order valence-corrected chi connectivity index (χ2v) is 4.63. The van der Waals surface area contributed by atoms with Gasteiger partial charge in [-0.3, -0.25) is 0 Å². The van der Waals surface area contributed by atoms with Crippen molar-refractivity contribution in [3.63, 3.8) is 0 Å². The van der Waals surface area contributed by atoms with Gasteiger partial charge in [0.2, 0.25) is 0 Å². The molecule has 0 fully saturated rings. The highest BCUT2D eigenvalue weighted by Crippen LogP contribution is 2.31. The lowest BCUT2D eigenvalue weighted by Crippen LogP contribution is -2.10. The Kier molecular flexibility index (Phi) is 3.80. The Bertz CT molecular complexity index is 589. The summed E-state index contributed by atoms with van der Waals surface area (Å²) in [4.78, 5) is 2.03. The molecular weight excluding hydrogens is 236 g/mol. The first-order valence-electron chi connectivity index (χ1n) is 6.12. The van der Waals surface area contributed by atoms with E-state index in [0.29, 0.717) is 11.4 Å². The topological polar surface area (TPSA) is 54.0 Å². The number of azo groups is 1. The Hall–Kier alpha value is -2.36. The van der Waals surface area contributed by atoms with Gasteiger partial charge in [0.15, 0.2) is 0 Å². The number of rotatable bonds is 3. The molecule has 0 atom stereocenters. The fraction of sp³-hybridized carbons (Fsp3) is 0.200. The number of nitrogen functional groups attached to an aromatic ring is 1. The highest BCUT2D eigenvalue weighted by atomic mass is 15.1. The van der Waals surface area contributed by atoms with E-state index in [2.05, 4.69) is 10.2 Å². The summed E-state index contributed by atoms with van der Waals surface area (Å²) in [5, 5.41) is 8.40. The summed E-state index contributed by atoms with van der Waals surface area (Å²) in [6, 6.07) is 13.5. The van der Waals surface area contributed by atoms with Crippen LogP contribution in [0.15, 0.2) is 52.7 Å². The smallest absolute Gasteiger partial charge is 0.109 e. The minimum absolute atomic E-state index is 0.633. The van der Waals surface area contributed by atoms with Gasteiger partial charge in [-0.25, -0.2) is 0 Å². The average Bonchev–Trinajstić information content (AvgIpc) is 2.40. The molecule has 0 aliphatic heterocycles. The van der Waals surface area contributed by atoms with Crippen molar-refractivity contribution in [2.24, 2.45) is 10.2 Å². The van der Waals surface area contributed by atoms with Crippen LogP contribution in [-0.2, 0) is 0 Å². The Morgan fingerprint density at radius 1 is 1.00 bits per heavy atom. The maximum atomic E-state index is 6.01. The first-order valence-corrected chi connectivity index (χ1v) is 6.12. The maximum Gasteiger partial charge on any atom is 0.109 e. The van der Waals surface area contributed by atoms with Crippen LogP contribution in [0.2, 0.25) is 0 Å². The van der Waals surface area contributed by atoms with Gasteiger partial charge in [0.05, 0.1) is 11.4 Å². The van der Waals surface area contributed by atoms with E-state index >= 15 is 0 Å². The highest BCUT2D eigenvalue weighted by molar-refractivity contribution is 5.72. The summed E-state index contributed by atoms with van der Waals surface area (Å²) < 4.78 is 0. The summed E-state index contributed by atoms with van der Waals surface area (Å²) in [6.45, 7) is 2.04. The van der Waals surface area contributed by atoms with Gasteiger partial charge in [0.1, 0.15) is 5.69 Å². The van der Waals surface area contributed by atoms with E-state index in [0.717, 1.165) is 16.9 Å². The van der Waals surface area contributed by atoms with Crippen LogP contribution >= 0.6 is 0 Å². The van der Waals surface area contributed by atoms with E-state index in [1.165, 1.54) is 0 Å². The lowest BCUT2D eigenvalue weighted by Gasteiger charge is -2.16. The van der Waals surface area contributed by atoms with E-state index in [-0.39, 0.29) is 0 Å². The molecule has 4 heteroatoms. The zero-order chi connectivity index (χ0) is 13.8. The molecule has 4 nitrogen and oxygen atoms in total. The Morgan fingerprint density at radius 2 is 1.68 bits per heavy atom. The lowest BCUT2D eigenvalue weighted by molar-refractivity contribution is 1.11. The van der Waals surface area contributed by atoms with E-state index in [4.69, 9.17) is 5.73 Å². The van der Waals surface area contributed by atoms with Crippen molar-refractivity contribution in [1.29, 1.82) is 0 Å². The van der Waals surface area contributed by atoms with Crippen molar-refractivity contribution in [3.05, 3.63) is 48.0 Å². The van der Waals surface area contributed by atoms with E-state index < -0.39 is 0 Å². The van der Waals surface area contributed by atoms with Crippen LogP contribution in [0.4, 0.5) is 22.7 Å². The molecule has 0 unspecified atom stereocenters. The summed E-state index contributed by atoms with van der Waals surface area (Å²) in [5.74, 6) is 0. The Labute approximate surface area is 113 Å². The molecule has 0 amide bonds. The minimum atomic E-state index is 0.633. The van der Waals surface area contributed by atoms with Crippen molar-refractivity contribution in [1.82, 2.24) is 0 Å². The molecule has 0 aliphatic rings. The van der Waals surface area contributed by atoms with Crippen LogP contribution in [0.5, 0.6) is 0 Å². The molecule has 0 radical (unpaired) electrons. The Balaban J connectivity index is 2.32. The molecule has 0 aliphatic carbocycles. The molecule has 0 spiro atoms. The molecule has 2 rings (SSSR count). The maximum absolute atomic E-state index is 6.01. The predicted octanol–water partition coefficient (Wildman–Crippen LogP) is 4.06. The largest absolute Gasteiger partial charge is 0.397 e. The normalized spacial score (nSPS) is 10.9. The molecule has 0 aromatic heterocycles. The summed E-state index contributed by atoms with van der Waals surface area (Å²) >= 11 is 0. The fourth-order valence-corrected chi connectivity index (χ4v) is 1.87. The number of nitrogens with two attached hydrogens (primary N) is 1. The number of anilines is 2. The SMILES string of the molecule is Cc1cc(/N=N/c2ccccc2)c(N)cc1N(C)C. The van der Waals surface area contributed by atoms with Crippen molar-refractivity contribution < 1.29 is 0 Å². The summed E-state index contributed by atoms with van der Waals surface area (Å²) in [5.41, 5.74) is 10.4. The number of hydrogen-bond acceptors (Lipinski definition) is 4. The van der Waals surface area contributed by atoms with Crippen molar-refractivity contribution in [2.75, 3.05) is 24.7 Å². The third-order valence-electron chi connectivity index (χ3n) is 2.86. The van der Waals surface area contributed by atoms with Crippen LogP contribution in [0.3, 0.4) is 0 Å². The van der Waals surface area contributed by atoms with E-state index in [1.807, 2.05) is 68.4 Å². The molecule has 0 bridgehead atoms. The van der Waals surface area contributed by atoms with Crippen LogP contribution < -0.4 is 10.6 Å². The van der Waals surface area contributed by atoms with Crippen LogP contribution in [-0.4, -0.2) is 14.1 Å². The van der Waals surface area contributed by atoms with Crippen molar-refractivity contribution >= 4 is 22.7 Å². The van der Waals surface area contributed by atoms with Gasteiger partial charge in [-0.1, -0.05) is 18.2 Å². The predicted molar refractivity (Wildman–Crippen MR) is 80.5 cm³/mol. The standard InChI is InChI=1S/C15H18N4/c1-11-9-14(13(16)10-15(11)19(2)3)18-17-12-7-5-4-6-8-12/h4-10H,16H2,1-3H3/b18-17+. The minimum Gasteiger partial charge on any atom is -0.397 e. The average molecular weight is 254 g/mol. The van der Waals surface area contributed by atoms with Crippen LogP contribution in [0.25, 0.3) is 0 Å². The molecular formula is C15H18N4. The molecule has 2 aromatic carbocycles. The number of nitrogens with zero attached hydrogens (tertiary/aromatic N) is 3. The second kappa shape index (κ2) is 5.52. The van der Waals surface area contributed by atoms with Gasteiger partial charge in [0.25, 0.3) is 0 Å². The molecule has 2 aromatic rings. The van der Waals surface area contributed by atoms with Gasteiger partial charge >= 0.3 is 0 Å². The molecule has 98 valence electrons. The third-order valence-corrected chi connectivity index (χ3v) is 2.86.